The van der Waals surface area contributed by atoms with Gasteiger partial charge >= 0.3 is 0 Å². The fourth-order valence-corrected chi connectivity index (χ4v) is 3.95. The van der Waals surface area contributed by atoms with Crippen molar-refractivity contribution in [3.8, 4) is 0 Å². The predicted octanol–water partition coefficient (Wildman–Crippen LogP) is 7.76. The molecule has 150 valence electrons. The Morgan fingerprint density at radius 1 is 0.583 bits per heavy atom. The molecule has 0 saturated heterocycles. The topological polar surface area (TPSA) is 26.3 Å². The summed E-state index contributed by atoms with van der Waals surface area (Å²) in [5, 5.41) is 0. The molecule has 0 saturated carbocycles. The number of rotatable bonds is 19. The summed E-state index contributed by atoms with van der Waals surface area (Å²) in [5.74, 6) is 0. The van der Waals surface area contributed by atoms with Gasteiger partial charge in [-0.25, -0.2) is 0 Å². The second-order valence-corrected chi connectivity index (χ2v) is 8.45. The molecule has 0 bridgehead atoms. The first-order valence-electron chi connectivity index (χ1n) is 10.5. The summed E-state index contributed by atoms with van der Waals surface area (Å²) < 4.78 is 17.3. The minimum atomic E-state index is -1.74. The molecule has 0 spiro atoms. The molecular weight excluding hydrogens is 362 g/mol. The van der Waals surface area contributed by atoms with Crippen LogP contribution in [0.25, 0.3) is 0 Å². The Kier molecular flexibility index (Phi) is 26.6. The molecule has 24 heavy (non-hydrogen) atoms. The van der Waals surface area contributed by atoms with Crippen LogP contribution in [-0.4, -0.2) is 12.8 Å². The molecule has 0 aliphatic rings. The Bertz CT molecular complexity index is 250. The maximum Gasteiger partial charge on any atom is 0.191 e. The monoisotopic (exact) mass is 404 g/mol. The Labute approximate surface area is 163 Å². The molecule has 0 aromatic rings. The summed E-state index contributed by atoms with van der Waals surface area (Å²) in [6, 6.07) is 0. The summed E-state index contributed by atoms with van der Waals surface area (Å²) >= 11 is 0. The number of unbranched alkanes of at least 4 members (excludes halogenated alkanes) is 14. The van der Waals surface area contributed by atoms with Gasteiger partial charge in [-0.15, -0.1) is 0 Å². The summed E-state index contributed by atoms with van der Waals surface area (Å²) in [6.07, 6.45) is 21.7. The summed E-state index contributed by atoms with van der Waals surface area (Å²) in [6.45, 7) is 5.22. The van der Waals surface area contributed by atoms with Gasteiger partial charge in [-0.1, -0.05) is 104 Å². The van der Waals surface area contributed by atoms with E-state index >= 15 is 0 Å². The quantitative estimate of drug-likeness (QED) is 0.125. The van der Waals surface area contributed by atoms with Crippen molar-refractivity contribution in [3.05, 3.63) is 0 Å². The third-order valence-corrected chi connectivity index (χ3v) is 5.78. The van der Waals surface area contributed by atoms with Crippen LogP contribution in [-0.2, 0) is 25.6 Å². The zero-order valence-electron chi connectivity index (χ0n) is 16.4. The van der Waals surface area contributed by atoms with Gasteiger partial charge in [0.1, 0.15) is 0 Å². The molecule has 0 N–H and O–H groups in total. The van der Waals surface area contributed by atoms with E-state index in [1.807, 2.05) is 0 Å². The van der Waals surface area contributed by atoms with Crippen molar-refractivity contribution in [1.29, 1.82) is 0 Å². The zero-order valence-corrected chi connectivity index (χ0v) is 18.3. The van der Waals surface area contributed by atoms with Crippen molar-refractivity contribution in [2.24, 2.45) is 0 Å². The van der Waals surface area contributed by atoms with Gasteiger partial charge in [0, 0.05) is 22.7 Å². The summed E-state index contributed by atoms with van der Waals surface area (Å²) in [4.78, 5) is 0. The Morgan fingerprint density at radius 2 is 0.958 bits per heavy atom. The minimum absolute atomic E-state index is 0. The minimum Gasteiger partial charge on any atom is -0.330 e. The fourth-order valence-electron chi connectivity index (χ4n) is 2.90. The van der Waals surface area contributed by atoms with Gasteiger partial charge in [0.05, 0.1) is 6.61 Å². The third-order valence-electron chi connectivity index (χ3n) is 4.50. The van der Waals surface area contributed by atoms with Gasteiger partial charge < -0.3 is 4.52 Å². The van der Waals surface area contributed by atoms with Crippen LogP contribution in [0.5, 0.6) is 0 Å². The van der Waals surface area contributed by atoms with Crippen LogP contribution < -0.4 is 0 Å². The predicted molar refractivity (Wildman–Crippen MR) is 105 cm³/mol. The van der Waals surface area contributed by atoms with Crippen molar-refractivity contribution in [2.45, 2.75) is 117 Å². The van der Waals surface area contributed by atoms with Gasteiger partial charge in [0.2, 0.25) is 0 Å². The fraction of sp³-hybridized carbons (Fsp3) is 1.00. The van der Waals surface area contributed by atoms with E-state index < -0.39 is 8.03 Å². The first-order valence-corrected chi connectivity index (χ1v) is 12.0. The normalized spacial score (nSPS) is 12.1. The van der Waals surface area contributed by atoms with E-state index in [1.54, 1.807) is 0 Å². The smallest absolute Gasteiger partial charge is 0.191 e. The molecule has 0 aromatic carbocycles. The molecule has 0 aromatic heterocycles. The third kappa shape index (κ3) is 22.7. The van der Waals surface area contributed by atoms with Crippen molar-refractivity contribution < 1.29 is 25.6 Å². The molecule has 0 aliphatic heterocycles. The van der Waals surface area contributed by atoms with Crippen LogP contribution >= 0.6 is 8.03 Å². The van der Waals surface area contributed by atoms with Crippen molar-refractivity contribution in [2.75, 3.05) is 12.8 Å². The average Bonchev–Trinajstić information content (AvgIpc) is 2.56. The van der Waals surface area contributed by atoms with Crippen molar-refractivity contribution >= 4 is 8.03 Å². The van der Waals surface area contributed by atoms with Gasteiger partial charge in [-0.05, 0) is 12.8 Å². The van der Waals surface area contributed by atoms with E-state index in [-0.39, 0.29) is 16.5 Å². The Hall–Kier alpha value is 0.684. The van der Waals surface area contributed by atoms with Crippen LogP contribution in [0.4, 0.5) is 0 Å². The molecule has 0 aliphatic carbocycles. The second kappa shape index (κ2) is 23.7. The van der Waals surface area contributed by atoms with E-state index in [0.29, 0.717) is 6.61 Å². The standard InChI is InChI=1S/C20H43O2P.Ni/c1-3-5-7-9-11-13-15-17-19-22-23(21)20-18-16-14-12-10-8-6-4-2;/h23H,3-20H2,1-2H3;. The Morgan fingerprint density at radius 3 is 1.42 bits per heavy atom. The van der Waals surface area contributed by atoms with E-state index in [1.165, 1.54) is 89.9 Å². The number of hydrogen-bond acceptors (Lipinski definition) is 2. The molecule has 1 unspecified atom stereocenters. The maximum absolute atomic E-state index is 11.8. The average molecular weight is 405 g/mol. The zero-order chi connectivity index (χ0) is 17.0. The van der Waals surface area contributed by atoms with Gasteiger partial charge in [0.15, 0.2) is 8.03 Å². The molecule has 0 amide bonds. The maximum atomic E-state index is 11.8. The van der Waals surface area contributed by atoms with Gasteiger partial charge in [-0.2, -0.15) is 0 Å². The molecular formula is C20H43NiO2P. The van der Waals surface area contributed by atoms with Crippen LogP contribution in [0.1, 0.15) is 117 Å². The summed E-state index contributed by atoms with van der Waals surface area (Å²) in [5.41, 5.74) is 0. The molecule has 0 radical (unpaired) electrons. The first kappa shape index (κ1) is 26.9. The molecule has 0 fully saturated rings. The number of hydrogen-bond donors (Lipinski definition) is 0. The van der Waals surface area contributed by atoms with Crippen molar-refractivity contribution in [3.63, 3.8) is 0 Å². The van der Waals surface area contributed by atoms with Gasteiger partial charge in [0.25, 0.3) is 0 Å². The van der Waals surface area contributed by atoms with Crippen LogP contribution in [0.15, 0.2) is 0 Å². The molecule has 1 atom stereocenters. The largest absolute Gasteiger partial charge is 0.330 e. The SMILES string of the molecule is CCCCCCCCCCO[PH](=O)CCCCCCCCCC.[Ni]. The Balaban J connectivity index is 0. The van der Waals surface area contributed by atoms with E-state index in [9.17, 15) is 4.57 Å². The molecule has 2 nitrogen and oxygen atoms in total. The molecule has 0 heterocycles. The van der Waals surface area contributed by atoms with E-state index in [2.05, 4.69) is 13.8 Å². The van der Waals surface area contributed by atoms with Crippen LogP contribution in [0.3, 0.4) is 0 Å². The van der Waals surface area contributed by atoms with E-state index in [0.717, 1.165) is 19.0 Å². The van der Waals surface area contributed by atoms with Crippen molar-refractivity contribution in [1.82, 2.24) is 0 Å². The first-order chi connectivity index (χ1) is 11.3. The second-order valence-electron chi connectivity index (χ2n) is 6.92. The molecule has 0 rings (SSSR count). The van der Waals surface area contributed by atoms with Crippen LogP contribution in [0, 0.1) is 0 Å². The summed E-state index contributed by atoms with van der Waals surface area (Å²) in [7, 11) is -1.74. The van der Waals surface area contributed by atoms with Crippen LogP contribution in [0.2, 0.25) is 0 Å². The van der Waals surface area contributed by atoms with Gasteiger partial charge in [-0.3, -0.25) is 4.57 Å². The van der Waals surface area contributed by atoms with E-state index in [4.69, 9.17) is 4.52 Å². The molecule has 4 heteroatoms.